The molecule has 2 aliphatic heterocycles. The molecule has 2 saturated heterocycles. The fourth-order valence-electron chi connectivity index (χ4n) is 5.70. The lowest BCUT2D eigenvalue weighted by Crippen LogP contribution is -2.46. The normalized spacial score (nSPS) is 16.0. The topological polar surface area (TPSA) is 167 Å². The molecule has 13 nitrogen and oxygen atoms in total. The first kappa shape index (κ1) is 33.2. The van der Waals surface area contributed by atoms with Crippen molar-refractivity contribution < 1.29 is 24.3 Å². The fourth-order valence-corrected chi connectivity index (χ4v) is 5.70. The van der Waals surface area contributed by atoms with Crippen LogP contribution in [-0.2, 0) is 16.0 Å². The molecule has 1 aromatic carbocycles. The van der Waals surface area contributed by atoms with Crippen LogP contribution in [0.3, 0.4) is 0 Å². The maximum absolute atomic E-state index is 12.3. The standard InChI is InChI=1S/C31H48N8O5/c1-3-24-30(33-22-12-19-44-20-13-22)36-31(28(35-24)29(32)41)34-23-10-11-25(26(21-23)43-2)39-17-15-38(16-18-39)14-8-6-4-5-7-9-27(40)37-42/h10-11,21-22,42H,3-9,12-20H2,1-2H3,(H2,32,41)(H,37,40)(H2,33,34,36). The van der Waals surface area contributed by atoms with E-state index in [1.54, 1.807) is 12.6 Å². The summed E-state index contributed by atoms with van der Waals surface area (Å²) in [5.74, 6) is 0.744. The molecular weight excluding hydrogens is 564 g/mol. The number of nitrogens with two attached hydrogens (primary N) is 1. The smallest absolute Gasteiger partial charge is 0.271 e. The van der Waals surface area contributed by atoms with E-state index >= 15 is 0 Å². The van der Waals surface area contributed by atoms with Gasteiger partial charge in [0, 0.05) is 63.6 Å². The quantitative estimate of drug-likeness (QED) is 0.107. The monoisotopic (exact) mass is 612 g/mol. The molecular formula is C31H48N8O5. The van der Waals surface area contributed by atoms with E-state index in [9.17, 15) is 9.59 Å². The van der Waals surface area contributed by atoms with E-state index in [-0.39, 0.29) is 17.6 Å². The average Bonchev–Trinajstić information content (AvgIpc) is 3.05. The average molecular weight is 613 g/mol. The van der Waals surface area contributed by atoms with Gasteiger partial charge in [0.05, 0.1) is 18.5 Å². The van der Waals surface area contributed by atoms with E-state index in [4.69, 9.17) is 25.4 Å². The molecule has 6 N–H and O–H groups in total. The Hall–Kier alpha value is -3.68. The van der Waals surface area contributed by atoms with Gasteiger partial charge in [-0.25, -0.2) is 15.4 Å². The minimum absolute atomic E-state index is 0.104. The molecule has 2 aliphatic rings. The molecule has 2 aromatic rings. The van der Waals surface area contributed by atoms with Gasteiger partial charge in [0.25, 0.3) is 5.91 Å². The number of primary amides is 1. The Morgan fingerprint density at radius 1 is 1.05 bits per heavy atom. The number of nitrogens with zero attached hydrogens (tertiary/aromatic N) is 4. The number of unbranched alkanes of at least 4 members (excludes halogenated alkanes) is 4. The first-order chi connectivity index (χ1) is 21.4. The van der Waals surface area contributed by atoms with Gasteiger partial charge in [0.2, 0.25) is 5.91 Å². The van der Waals surface area contributed by atoms with Gasteiger partial charge in [-0.1, -0.05) is 26.2 Å². The van der Waals surface area contributed by atoms with Crippen molar-refractivity contribution in [3.8, 4) is 5.75 Å². The Bertz CT molecular complexity index is 1230. The summed E-state index contributed by atoms with van der Waals surface area (Å²) >= 11 is 0. The van der Waals surface area contributed by atoms with Gasteiger partial charge in [-0.2, -0.15) is 0 Å². The molecule has 0 saturated carbocycles. The molecule has 242 valence electrons. The van der Waals surface area contributed by atoms with E-state index < -0.39 is 5.91 Å². The lowest BCUT2D eigenvalue weighted by Gasteiger charge is -2.36. The number of benzene rings is 1. The van der Waals surface area contributed by atoms with Crippen LogP contribution in [0.5, 0.6) is 5.75 Å². The van der Waals surface area contributed by atoms with Crippen molar-refractivity contribution in [2.75, 3.05) is 68.6 Å². The highest BCUT2D eigenvalue weighted by Gasteiger charge is 2.23. The maximum atomic E-state index is 12.3. The van der Waals surface area contributed by atoms with Crippen molar-refractivity contribution in [1.82, 2.24) is 20.3 Å². The number of hydrogen-bond acceptors (Lipinski definition) is 11. The van der Waals surface area contributed by atoms with Gasteiger partial charge in [-0.3, -0.25) is 19.7 Å². The first-order valence-corrected chi connectivity index (χ1v) is 15.8. The Morgan fingerprint density at radius 3 is 2.45 bits per heavy atom. The zero-order valence-electron chi connectivity index (χ0n) is 26.1. The van der Waals surface area contributed by atoms with Gasteiger partial charge >= 0.3 is 0 Å². The number of ether oxygens (including phenoxy) is 2. The molecule has 4 rings (SSSR count). The number of aryl methyl sites for hydroxylation is 1. The molecule has 0 unspecified atom stereocenters. The summed E-state index contributed by atoms with van der Waals surface area (Å²) in [7, 11) is 1.66. The Labute approximate surface area is 259 Å². The third-order valence-corrected chi connectivity index (χ3v) is 8.26. The third-order valence-electron chi connectivity index (χ3n) is 8.26. The molecule has 13 heteroatoms. The second-order valence-electron chi connectivity index (χ2n) is 11.4. The second kappa shape index (κ2) is 17.0. The number of anilines is 4. The van der Waals surface area contributed by atoms with Crippen LogP contribution in [0.2, 0.25) is 0 Å². The van der Waals surface area contributed by atoms with Crippen LogP contribution >= 0.6 is 0 Å². The zero-order valence-corrected chi connectivity index (χ0v) is 26.1. The highest BCUT2D eigenvalue weighted by atomic mass is 16.5. The van der Waals surface area contributed by atoms with Crippen LogP contribution in [0.25, 0.3) is 0 Å². The molecule has 44 heavy (non-hydrogen) atoms. The number of carbonyl (C=O) groups is 2. The Morgan fingerprint density at radius 2 is 1.77 bits per heavy atom. The summed E-state index contributed by atoms with van der Waals surface area (Å²) in [6.07, 6.45) is 7.93. The predicted octanol–water partition coefficient (Wildman–Crippen LogP) is 3.45. The molecule has 0 bridgehead atoms. The highest BCUT2D eigenvalue weighted by molar-refractivity contribution is 5.96. The number of aromatic nitrogens is 2. The lowest BCUT2D eigenvalue weighted by atomic mass is 10.1. The highest BCUT2D eigenvalue weighted by Crippen LogP contribution is 2.34. The van der Waals surface area contributed by atoms with Gasteiger partial charge in [-0.15, -0.1) is 0 Å². The van der Waals surface area contributed by atoms with Gasteiger partial charge in [0.15, 0.2) is 17.3 Å². The van der Waals surface area contributed by atoms with E-state index in [1.807, 2.05) is 25.1 Å². The van der Waals surface area contributed by atoms with E-state index in [0.29, 0.717) is 43.4 Å². The predicted molar refractivity (Wildman–Crippen MR) is 170 cm³/mol. The van der Waals surface area contributed by atoms with E-state index in [1.165, 1.54) is 0 Å². The van der Waals surface area contributed by atoms with Crippen molar-refractivity contribution in [2.24, 2.45) is 5.73 Å². The third kappa shape index (κ3) is 9.41. The molecule has 3 heterocycles. The summed E-state index contributed by atoms with van der Waals surface area (Å²) in [6.45, 7) is 8.20. The molecule has 2 amide bonds. The number of hydroxylamine groups is 1. The molecule has 0 aliphatic carbocycles. The Kier molecular flexibility index (Phi) is 12.8. The number of nitrogens with one attached hydrogen (secondary N) is 3. The molecule has 1 aromatic heterocycles. The zero-order chi connectivity index (χ0) is 31.3. The number of methoxy groups -OCH3 is 1. The van der Waals surface area contributed by atoms with Crippen LogP contribution in [0, 0.1) is 0 Å². The number of hydrogen-bond donors (Lipinski definition) is 5. The molecule has 0 radical (unpaired) electrons. The first-order valence-electron chi connectivity index (χ1n) is 15.8. The van der Waals surface area contributed by atoms with Crippen LogP contribution in [0.1, 0.15) is 74.5 Å². The minimum atomic E-state index is -0.638. The van der Waals surface area contributed by atoms with Crippen molar-refractivity contribution in [3.05, 3.63) is 29.6 Å². The van der Waals surface area contributed by atoms with Crippen LogP contribution < -0.4 is 31.5 Å². The second-order valence-corrected chi connectivity index (χ2v) is 11.4. The van der Waals surface area contributed by atoms with E-state index in [2.05, 4.69) is 25.4 Å². The minimum Gasteiger partial charge on any atom is -0.495 e. The maximum Gasteiger partial charge on any atom is 0.271 e. The molecule has 0 spiro atoms. The van der Waals surface area contributed by atoms with Crippen LogP contribution in [0.15, 0.2) is 18.2 Å². The van der Waals surface area contributed by atoms with Crippen molar-refractivity contribution >= 4 is 34.8 Å². The van der Waals surface area contributed by atoms with Gasteiger partial charge < -0.3 is 30.7 Å². The Balaban J connectivity index is 1.34. The van der Waals surface area contributed by atoms with Gasteiger partial charge in [-0.05, 0) is 50.8 Å². The summed E-state index contributed by atoms with van der Waals surface area (Å²) in [6, 6.07) is 6.14. The number of piperazine rings is 1. The lowest BCUT2D eigenvalue weighted by molar-refractivity contribution is -0.129. The number of carbonyl (C=O) groups excluding carboxylic acids is 2. The van der Waals surface area contributed by atoms with Gasteiger partial charge in [0.1, 0.15) is 5.75 Å². The van der Waals surface area contributed by atoms with Crippen molar-refractivity contribution in [3.63, 3.8) is 0 Å². The largest absolute Gasteiger partial charge is 0.495 e. The number of rotatable bonds is 16. The van der Waals surface area contributed by atoms with Crippen LogP contribution in [-0.4, -0.2) is 91.0 Å². The summed E-state index contributed by atoms with van der Waals surface area (Å²) in [5.41, 5.74) is 9.94. The van der Waals surface area contributed by atoms with E-state index in [0.717, 1.165) is 94.8 Å². The molecule has 0 atom stereocenters. The number of amides is 2. The fraction of sp³-hybridized carbons (Fsp3) is 0.613. The van der Waals surface area contributed by atoms with Crippen LogP contribution in [0.4, 0.5) is 23.0 Å². The summed E-state index contributed by atoms with van der Waals surface area (Å²) < 4.78 is 11.3. The summed E-state index contributed by atoms with van der Waals surface area (Å²) in [5, 5.41) is 15.3. The SMILES string of the molecule is CCc1nc(C(N)=O)c(Nc2ccc(N3CCN(CCCCCCCC(=O)NO)CC3)c(OC)c2)nc1NC1CCOCC1. The summed E-state index contributed by atoms with van der Waals surface area (Å²) in [4.78, 5) is 37.6. The van der Waals surface area contributed by atoms with Crippen molar-refractivity contribution in [2.45, 2.75) is 70.8 Å². The molecule has 2 fully saturated rings. The van der Waals surface area contributed by atoms with Crippen molar-refractivity contribution in [1.29, 1.82) is 0 Å².